The Bertz CT molecular complexity index is 349. The maximum absolute atomic E-state index is 5.21. The van der Waals surface area contributed by atoms with Crippen LogP contribution in [-0.4, -0.2) is 23.3 Å². The van der Waals surface area contributed by atoms with Crippen LogP contribution in [0.3, 0.4) is 0 Å². The van der Waals surface area contributed by atoms with E-state index in [1.807, 2.05) is 0 Å². The summed E-state index contributed by atoms with van der Waals surface area (Å²) in [6.45, 7) is 2.23. The van der Waals surface area contributed by atoms with Gasteiger partial charge in [0.25, 0.3) is 0 Å². The maximum Gasteiger partial charge on any atom is 0.243 e. The van der Waals surface area contributed by atoms with Crippen molar-refractivity contribution >= 4 is 5.57 Å². The van der Waals surface area contributed by atoms with Crippen molar-refractivity contribution in [2.75, 3.05) is 13.1 Å². The van der Waals surface area contributed by atoms with Crippen LogP contribution in [0, 0.1) is 5.41 Å². The number of allylic oxidation sites excluding steroid dienone is 1. The molecule has 1 aliphatic heterocycles. The van der Waals surface area contributed by atoms with Gasteiger partial charge in [-0.05, 0) is 25.8 Å². The third kappa shape index (κ3) is 1.18. The van der Waals surface area contributed by atoms with Crippen molar-refractivity contribution < 1.29 is 4.42 Å². The van der Waals surface area contributed by atoms with Crippen LogP contribution in [0.5, 0.6) is 0 Å². The fourth-order valence-corrected chi connectivity index (χ4v) is 2.48. The lowest BCUT2D eigenvalue weighted by Gasteiger charge is -2.17. The van der Waals surface area contributed by atoms with Crippen LogP contribution in [0.4, 0.5) is 0 Å². The predicted molar refractivity (Wildman–Crippen MR) is 51.4 cm³/mol. The zero-order chi connectivity index (χ0) is 9.43. The molecule has 0 amide bonds. The lowest BCUT2D eigenvalue weighted by molar-refractivity contribution is 0.418. The summed E-state index contributed by atoms with van der Waals surface area (Å²) in [6.07, 6.45) is 7.26. The summed E-state index contributed by atoms with van der Waals surface area (Å²) in [6, 6.07) is 0. The Hall–Kier alpha value is -1.16. The summed E-state index contributed by atoms with van der Waals surface area (Å²) >= 11 is 0. The van der Waals surface area contributed by atoms with Gasteiger partial charge in [0, 0.05) is 17.5 Å². The van der Waals surface area contributed by atoms with Gasteiger partial charge in [-0.15, -0.1) is 10.2 Å². The van der Waals surface area contributed by atoms with E-state index in [1.54, 1.807) is 0 Å². The van der Waals surface area contributed by atoms with Gasteiger partial charge >= 0.3 is 0 Å². The van der Waals surface area contributed by atoms with Gasteiger partial charge in [0.2, 0.25) is 12.3 Å². The average Bonchev–Trinajstić information content (AvgIpc) is 2.91. The Morgan fingerprint density at radius 2 is 2.43 bits per heavy atom. The van der Waals surface area contributed by atoms with Crippen LogP contribution in [0.1, 0.15) is 25.2 Å². The van der Waals surface area contributed by atoms with Gasteiger partial charge in [0.1, 0.15) is 0 Å². The average molecular weight is 191 g/mol. The van der Waals surface area contributed by atoms with Gasteiger partial charge in [-0.25, -0.2) is 0 Å². The van der Waals surface area contributed by atoms with E-state index in [2.05, 4.69) is 21.6 Å². The second kappa shape index (κ2) is 2.92. The monoisotopic (exact) mass is 191 g/mol. The Kier molecular flexibility index (Phi) is 1.70. The molecule has 1 atom stereocenters. The van der Waals surface area contributed by atoms with Gasteiger partial charge in [-0.1, -0.05) is 6.08 Å². The van der Waals surface area contributed by atoms with E-state index in [4.69, 9.17) is 4.42 Å². The Balaban J connectivity index is 1.90. The fraction of sp³-hybridized carbons (Fsp3) is 0.600. The second-order valence-corrected chi connectivity index (χ2v) is 4.20. The smallest absolute Gasteiger partial charge is 0.243 e. The third-order valence-electron chi connectivity index (χ3n) is 3.28. The highest BCUT2D eigenvalue weighted by molar-refractivity contribution is 5.62. The molecule has 2 heterocycles. The standard InChI is InChI=1S/C10H13N3O/c1-2-10(3-4-11-6-10)5-8(1)9-13-12-7-14-9/h5,7,11H,1-4,6H2. The fourth-order valence-electron chi connectivity index (χ4n) is 2.48. The van der Waals surface area contributed by atoms with Crippen LogP contribution in [0.25, 0.3) is 5.57 Å². The molecule has 14 heavy (non-hydrogen) atoms. The number of nitrogens with zero attached hydrogens (tertiary/aromatic N) is 2. The highest BCUT2D eigenvalue weighted by Crippen LogP contribution is 2.43. The van der Waals surface area contributed by atoms with E-state index in [0.29, 0.717) is 11.3 Å². The molecule has 1 spiro atoms. The molecule has 74 valence electrons. The molecule has 1 aliphatic carbocycles. The van der Waals surface area contributed by atoms with Gasteiger partial charge in [-0.2, -0.15) is 0 Å². The molecule has 1 aromatic heterocycles. The first kappa shape index (κ1) is 8.17. The quantitative estimate of drug-likeness (QED) is 0.725. The molecule has 1 fully saturated rings. The largest absolute Gasteiger partial charge is 0.424 e. The summed E-state index contributed by atoms with van der Waals surface area (Å²) in [5.41, 5.74) is 1.61. The van der Waals surface area contributed by atoms with Crippen LogP contribution < -0.4 is 5.32 Å². The molecular weight excluding hydrogens is 178 g/mol. The minimum Gasteiger partial charge on any atom is -0.424 e. The molecule has 2 aliphatic rings. The molecule has 1 saturated heterocycles. The molecule has 1 unspecified atom stereocenters. The van der Waals surface area contributed by atoms with E-state index < -0.39 is 0 Å². The Labute approximate surface area is 82.4 Å². The zero-order valence-corrected chi connectivity index (χ0v) is 7.99. The predicted octanol–water partition coefficient (Wildman–Crippen LogP) is 1.23. The summed E-state index contributed by atoms with van der Waals surface area (Å²) in [5.74, 6) is 0.703. The molecule has 0 radical (unpaired) electrons. The molecule has 4 heteroatoms. The third-order valence-corrected chi connectivity index (χ3v) is 3.28. The highest BCUT2D eigenvalue weighted by atomic mass is 16.4. The summed E-state index contributed by atoms with van der Waals surface area (Å²) < 4.78 is 5.21. The minimum atomic E-state index is 0.379. The molecule has 0 aromatic carbocycles. The minimum absolute atomic E-state index is 0.379. The topological polar surface area (TPSA) is 51.0 Å². The highest BCUT2D eigenvalue weighted by Gasteiger charge is 2.36. The number of nitrogens with one attached hydrogen (secondary N) is 1. The zero-order valence-electron chi connectivity index (χ0n) is 7.99. The van der Waals surface area contributed by atoms with Gasteiger partial charge < -0.3 is 9.73 Å². The molecule has 4 nitrogen and oxygen atoms in total. The van der Waals surface area contributed by atoms with E-state index in [0.717, 1.165) is 19.5 Å². The van der Waals surface area contributed by atoms with Gasteiger partial charge in [-0.3, -0.25) is 0 Å². The van der Waals surface area contributed by atoms with Crippen LogP contribution in [-0.2, 0) is 0 Å². The Morgan fingerprint density at radius 3 is 3.14 bits per heavy atom. The van der Waals surface area contributed by atoms with Crippen molar-refractivity contribution in [2.24, 2.45) is 5.41 Å². The lowest BCUT2D eigenvalue weighted by atomic mass is 9.87. The van der Waals surface area contributed by atoms with Crippen molar-refractivity contribution in [3.05, 3.63) is 18.4 Å². The van der Waals surface area contributed by atoms with Crippen molar-refractivity contribution in [3.8, 4) is 0 Å². The van der Waals surface area contributed by atoms with E-state index in [-0.39, 0.29) is 0 Å². The summed E-state index contributed by atoms with van der Waals surface area (Å²) in [7, 11) is 0. The van der Waals surface area contributed by atoms with Crippen molar-refractivity contribution in [1.29, 1.82) is 0 Å². The first-order valence-corrected chi connectivity index (χ1v) is 5.07. The molecule has 0 saturated carbocycles. The number of hydrogen-bond acceptors (Lipinski definition) is 4. The molecule has 1 N–H and O–H groups in total. The first-order chi connectivity index (χ1) is 6.88. The van der Waals surface area contributed by atoms with Crippen molar-refractivity contribution in [3.63, 3.8) is 0 Å². The van der Waals surface area contributed by atoms with Crippen molar-refractivity contribution in [1.82, 2.24) is 15.5 Å². The van der Waals surface area contributed by atoms with Crippen molar-refractivity contribution in [2.45, 2.75) is 19.3 Å². The normalized spacial score (nSPS) is 31.3. The number of aromatic nitrogens is 2. The first-order valence-electron chi connectivity index (χ1n) is 5.07. The summed E-state index contributed by atoms with van der Waals surface area (Å²) in [4.78, 5) is 0. The molecule has 1 aromatic rings. The summed E-state index contributed by atoms with van der Waals surface area (Å²) in [5, 5.41) is 11.1. The van der Waals surface area contributed by atoms with Crippen LogP contribution >= 0.6 is 0 Å². The second-order valence-electron chi connectivity index (χ2n) is 4.20. The van der Waals surface area contributed by atoms with Gasteiger partial charge in [0.05, 0.1) is 0 Å². The van der Waals surface area contributed by atoms with Crippen LogP contribution in [0.2, 0.25) is 0 Å². The number of rotatable bonds is 1. The van der Waals surface area contributed by atoms with Gasteiger partial charge in [0.15, 0.2) is 0 Å². The SMILES string of the molecule is C1=C(c2nnco2)CCC12CCNC2. The van der Waals surface area contributed by atoms with E-state index >= 15 is 0 Å². The maximum atomic E-state index is 5.21. The molecule has 0 bridgehead atoms. The molecule has 3 rings (SSSR count). The van der Waals surface area contributed by atoms with E-state index in [9.17, 15) is 0 Å². The number of hydrogen-bond donors (Lipinski definition) is 1. The lowest BCUT2D eigenvalue weighted by Crippen LogP contribution is -2.18. The van der Waals surface area contributed by atoms with Crippen LogP contribution in [0.15, 0.2) is 16.9 Å². The molecular formula is C10H13N3O. The van der Waals surface area contributed by atoms with E-state index in [1.165, 1.54) is 24.8 Å². The Morgan fingerprint density at radius 1 is 1.43 bits per heavy atom.